The molecule has 3 N–H and O–H groups in total. The summed E-state index contributed by atoms with van der Waals surface area (Å²) in [6.07, 6.45) is -2.60. The van der Waals surface area contributed by atoms with Crippen LogP contribution in [0.2, 0.25) is 5.02 Å². The lowest BCUT2D eigenvalue weighted by Crippen LogP contribution is -2.48. The normalized spacial score (nSPS) is 14.2. The van der Waals surface area contributed by atoms with Gasteiger partial charge in [0.1, 0.15) is 29.4 Å². The van der Waals surface area contributed by atoms with Crippen molar-refractivity contribution in [3.05, 3.63) is 40.1 Å². The van der Waals surface area contributed by atoms with Crippen LogP contribution in [-0.2, 0) is 13.0 Å². The van der Waals surface area contributed by atoms with Crippen LogP contribution in [0.3, 0.4) is 0 Å². The van der Waals surface area contributed by atoms with Crippen LogP contribution in [0.25, 0.3) is 11.0 Å². The molecule has 1 aliphatic heterocycles. The molecule has 0 spiro atoms. The molecule has 32 heavy (non-hydrogen) atoms. The summed E-state index contributed by atoms with van der Waals surface area (Å²) in [5.74, 6) is -0.954. The van der Waals surface area contributed by atoms with Crippen LogP contribution >= 0.6 is 11.6 Å². The van der Waals surface area contributed by atoms with Crippen molar-refractivity contribution in [2.24, 2.45) is 0 Å². The highest BCUT2D eigenvalue weighted by atomic mass is 35.5. The number of hydrogen-bond acceptors (Lipinski definition) is 6. The summed E-state index contributed by atoms with van der Waals surface area (Å²) in [6.45, 7) is 0.323. The second-order valence-corrected chi connectivity index (χ2v) is 7.69. The Morgan fingerprint density at radius 1 is 1.41 bits per heavy atom. The van der Waals surface area contributed by atoms with Gasteiger partial charge in [-0.25, -0.2) is 32.6 Å². The van der Waals surface area contributed by atoms with Crippen LogP contribution in [0.15, 0.2) is 12.4 Å². The topological polar surface area (TPSA) is 119 Å². The predicted octanol–water partition coefficient (Wildman–Crippen LogP) is 3.47. The molecule has 1 fully saturated rings. The molecule has 1 aromatic carbocycles. The highest BCUT2D eigenvalue weighted by molar-refractivity contribution is 6.31. The highest BCUT2D eigenvalue weighted by Crippen LogP contribution is 2.41. The van der Waals surface area contributed by atoms with Crippen molar-refractivity contribution in [3.63, 3.8) is 0 Å². The fraction of sp³-hybridized carbons (Fsp3) is 0.368. The number of benzene rings is 1. The number of aromatic nitrogens is 4. The van der Waals surface area contributed by atoms with E-state index in [1.54, 1.807) is 0 Å². The SMILES string of the molecule is COc1c(CCn2nc(C(F)F)c3c(N)ncnc32)cc(Cl)c(F)c1C1CN(C(=O)O)C1. The smallest absolute Gasteiger partial charge is 0.407 e. The van der Waals surface area contributed by atoms with Gasteiger partial charge in [0.05, 0.1) is 17.5 Å². The van der Waals surface area contributed by atoms with Gasteiger partial charge in [-0.1, -0.05) is 11.6 Å². The first kappa shape index (κ1) is 21.9. The summed E-state index contributed by atoms with van der Waals surface area (Å²) in [5, 5.41) is 12.8. The van der Waals surface area contributed by atoms with Gasteiger partial charge >= 0.3 is 6.09 Å². The molecule has 0 saturated carbocycles. The molecule has 0 atom stereocenters. The fourth-order valence-electron chi connectivity index (χ4n) is 3.89. The van der Waals surface area contributed by atoms with Crippen LogP contribution in [0.4, 0.5) is 23.8 Å². The van der Waals surface area contributed by atoms with Crippen LogP contribution in [0.1, 0.15) is 29.2 Å². The van der Waals surface area contributed by atoms with Crippen molar-refractivity contribution in [1.82, 2.24) is 24.6 Å². The summed E-state index contributed by atoms with van der Waals surface area (Å²) < 4.78 is 48.4. The fourth-order valence-corrected chi connectivity index (χ4v) is 4.12. The number of hydrogen-bond donors (Lipinski definition) is 2. The molecular formula is C19H18ClF3N6O3. The van der Waals surface area contributed by atoms with Crippen molar-refractivity contribution in [2.75, 3.05) is 25.9 Å². The standard InChI is InChI=1S/C19H18ClF3N6O3/c1-32-15-8(4-10(20)13(21)11(15)9-5-28(6-9)19(30)31)2-3-29-18-12(14(27-29)16(22)23)17(24)25-7-26-18/h4,7,9,16H,2-3,5-6H2,1H3,(H,30,31)(H2,24,25,26). The summed E-state index contributed by atoms with van der Waals surface area (Å²) in [5.41, 5.74) is 6.08. The number of ether oxygens (including phenoxy) is 1. The van der Waals surface area contributed by atoms with Gasteiger partial charge in [0, 0.05) is 31.1 Å². The first-order chi connectivity index (χ1) is 15.2. The maximum Gasteiger partial charge on any atom is 0.407 e. The molecule has 0 unspecified atom stereocenters. The average molecular weight is 471 g/mol. The van der Waals surface area contributed by atoms with E-state index in [2.05, 4.69) is 15.1 Å². The van der Waals surface area contributed by atoms with Gasteiger partial charge in [0.2, 0.25) is 0 Å². The number of carboxylic acid groups (broad SMARTS) is 1. The van der Waals surface area contributed by atoms with Gasteiger partial charge in [-0.15, -0.1) is 0 Å². The number of halogens is 4. The number of amides is 1. The monoisotopic (exact) mass is 470 g/mol. The number of nitrogens with two attached hydrogens (primary N) is 1. The van der Waals surface area contributed by atoms with E-state index in [1.807, 2.05) is 0 Å². The number of fused-ring (bicyclic) bond motifs is 1. The zero-order valence-corrected chi connectivity index (χ0v) is 17.5. The number of rotatable bonds is 6. The molecule has 170 valence electrons. The van der Waals surface area contributed by atoms with Crippen molar-refractivity contribution in [1.29, 1.82) is 0 Å². The van der Waals surface area contributed by atoms with Crippen molar-refractivity contribution >= 4 is 34.5 Å². The molecular weight excluding hydrogens is 453 g/mol. The van der Waals surface area contributed by atoms with Gasteiger partial charge in [-0.2, -0.15) is 5.10 Å². The van der Waals surface area contributed by atoms with E-state index in [1.165, 1.54) is 17.9 Å². The number of nitrogens with zero attached hydrogens (tertiary/aromatic N) is 5. The highest BCUT2D eigenvalue weighted by Gasteiger charge is 2.37. The van der Waals surface area contributed by atoms with Gasteiger partial charge in [-0.3, -0.25) is 0 Å². The third-order valence-electron chi connectivity index (χ3n) is 5.43. The van der Waals surface area contributed by atoms with E-state index in [-0.39, 0.29) is 59.2 Å². The molecule has 0 bridgehead atoms. The number of carbonyl (C=O) groups is 1. The molecule has 4 rings (SSSR count). The first-order valence-electron chi connectivity index (χ1n) is 9.50. The lowest BCUT2D eigenvalue weighted by atomic mass is 9.88. The van der Waals surface area contributed by atoms with Crippen LogP contribution < -0.4 is 10.5 Å². The number of anilines is 1. The molecule has 3 aromatic rings. The van der Waals surface area contributed by atoms with E-state index in [4.69, 9.17) is 27.2 Å². The molecule has 1 saturated heterocycles. The van der Waals surface area contributed by atoms with Gasteiger partial charge in [-0.05, 0) is 18.1 Å². The Bertz CT molecular complexity index is 1200. The molecule has 2 aromatic heterocycles. The molecule has 13 heteroatoms. The Kier molecular flexibility index (Phi) is 5.71. The Morgan fingerprint density at radius 2 is 2.12 bits per heavy atom. The molecule has 1 amide bonds. The van der Waals surface area contributed by atoms with Gasteiger partial charge < -0.3 is 20.5 Å². The first-order valence-corrected chi connectivity index (χ1v) is 9.88. The van der Waals surface area contributed by atoms with E-state index in [0.717, 1.165) is 11.2 Å². The van der Waals surface area contributed by atoms with E-state index < -0.39 is 29.9 Å². The third kappa shape index (κ3) is 3.64. The molecule has 0 aliphatic carbocycles. The number of alkyl halides is 2. The summed E-state index contributed by atoms with van der Waals surface area (Å²) in [7, 11) is 1.37. The third-order valence-corrected chi connectivity index (χ3v) is 5.71. The summed E-state index contributed by atoms with van der Waals surface area (Å²) >= 11 is 6.10. The minimum Gasteiger partial charge on any atom is -0.496 e. The molecule has 1 aliphatic rings. The molecule has 9 nitrogen and oxygen atoms in total. The Hall–Kier alpha value is -3.28. The quantitative estimate of drug-likeness (QED) is 0.566. The van der Waals surface area contributed by atoms with Gasteiger partial charge in [0.15, 0.2) is 5.65 Å². The maximum absolute atomic E-state index is 14.8. The Balaban J connectivity index is 1.68. The second kappa shape index (κ2) is 8.34. The van der Waals surface area contributed by atoms with Crippen LogP contribution in [0.5, 0.6) is 5.75 Å². The number of aryl methyl sites for hydroxylation is 2. The number of likely N-dealkylation sites (tertiary alicyclic amines) is 1. The molecule has 0 radical (unpaired) electrons. The van der Waals surface area contributed by atoms with E-state index >= 15 is 0 Å². The minimum atomic E-state index is -2.87. The van der Waals surface area contributed by atoms with E-state index in [9.17, 15) is 18.0 Å². The maximum atomic E-state index is 14.8. The average Bonchev–Trinajstić information content (AvgIpc) is 3.08. The lowest BCUT2D eigenvalue weighted by molar-refractivity contribution is 0.103. The number of nitrogen functional groups attached to an aromatic ring is 1. The Morgan fingerprint density at radius 3 is 2.75 bits per heavy atom. The largest absolute Gasteiger partial charge is 0.496 e. The number of methoxy groups -OCH3 is 1. The summed E-state index contributed by atoms with van der Waals surface area (Å²) in [4.78, 5) is 20.0. The van der Waals surface area contributed by atoms with E-state index in [0.29, 0.717) is 5.56 Å². The zero-order chi connectivity index (χ0) is 23.2. The summed E-state index contributed by atoms with van der Waals surface area (Å²) in [6, 6.07) is 1.40. The molecule has 3 heterocycles. The van der Waals surface area contributed by atoms with Gasteiger partial charge in [0.25, 0.3) is 6.43 Å². The predicted molar refractivity (Wildman–Crippen MR) is 109 cm³/mol. The second-order valence-electron chi connectivity index (χ2n) is 7.28. The van der Waals surface area contributed by atoms with Crippen molar-refractivity contribution < 1.29 is 27.8 Å². The minimum absolute atomic E-state index is 0.0180. The van der Waals surface area contributed by atoms with Crippen molar-refractivity contribution in [2.45, 2.75) is 25.3 Å². The lowest BCUT2D eigenvalue weighted by Gasteiger charge is -2.38. The zero-order valence-electron chi connectivity index (χ0n) is 16.7. The van der Waals surface area contributed by atoms with Crippen LogP contribution in [0, 0.1) is 5.82 Å². The van der Waals surface area contributed by atoms with Crippen LogP contribution in [-0.4, -0.2) is 56.0 Å². The van der Waals surface area contributed by atoms with Crippen molar-refractivity contribution in [3.8, 4) is 5.75 Å². The Labute approximate surface area is 184 Å².